The third-order valence-corrected chi connectivity index (χ3v) is 12.8. The number of hydrogen-bond acceptors (Lipinski definition) is 7. The number of amides is 2. The highest BCUT2D eigenvalue weighted by atomic mass is 35.5. The van der Waals surface area contributed by atoms with Crippen LogP contribution in [0, 0.1) is 18.3 Å². The number of ether oxygens (including phenoxy) is 1. The number of halogens is 2. The second-order valence-electron chi connectivity index (χ2n) is 16.0. The summed E-state index contributed by atoms with van der Waals surface area (Å²) in [5.41, 5.74) is 3.56. The van der Waals surface area contributed by atoms with Crippen molar-refractivity contribution in [3.05, 3.63) is 40.7 Å². The number of H-pyrrole nitrogens is 1. The van der Waals surface area contributed by atoms with E-state index in [1.165, 1.54) is 6.08 Å². The standard InChI is InChI=1S/C36H46Cl2N8O3/c1-6-29(48)44-17-35(18-44)13-25(14-35)46-22(2)30(31-26-15-39-40-28(26)11-27(37)32(31)38)33(41-46)45-8-7-24(12-34(45,4)5)16-42-9-10-49-36(19-42)20-43(21-36)23(3)47/h6,11,15,24-25H,1,7-10,12-14,16-21H2,2-5H3,(H,39,40)/t24-/m1/s1. The first-order valence-electron chi connectivity index (χ1n) is 17.5. The van der Waals surface area contributed by atoms with Crippen molar-refractivity contribution in [3.63, 3.8) is 0 Å². The molecule has 1 aliphatic carbocycles. The summed E-state index contributed by atoms with van der Waals surface area (Å²) in [5.74, 6) is 1.60. The van der Waals surface area contributed by atoms with Crippen molar-refractivity contribution in [2.24, 2.45) is 11.3 Å². The summed E-state index contributed by atoms with van der Waals surface area (Å²) >= 11 is 13.8. The van der Waals surface area contributed by atoms with Crippen LogP contribution < -0.4 is 4.90 Å². The summed E-state index contributed by atoms with van der Waals surface area (Å²) < 4.78 is 8.42. The molecule has 2 aromatic heterocycles. The van der Waals surface area contributed by atoms with Gasteiger partial charge < -0.3 is 19.4 Å². The number of aromatic amines is 1. The topological polar surface area (TPSA) is 103 Å². The van der Waals surface area contributed by atoms with E-state index in [2.05, 4.69) is 52.0 Å². The summed E-state index contributed by atoms with van der Waals surface area (Å²) in [6.45, 7) is 19.5. The second kappa shape index (κ2) is 11.7. The van der Waals surface area contributed by atoms with Crippen molar-refractivity contribution < 1.29 is 14.3 Å². The van der Waals surface area contributed by atoms with E-state index in [1.807, 2.05) is 22.1 Å². The summed E-state index contributed by atoms with van der Waals surface area (Å²) in [6.07, 6.45) is 7.27. The molecule has 5 aliphatic rings. The fourth-order valence-electron chi connectivity index (χ4n) is 9.63. The summed E-state index contributed by atoms with van der Waals surface area (Å²) in [7, 11) is 0. The maximum atomic E-state index is 12.2. The first-order valence-corrected chi connectivity index (χ1v) is 18.3. The molecule has 0 radical (unpaired) electrons. The Kier molecular flexibility index (Phi) is 7.90. The fourth-order valence-corrected chi connectivity index (χ4v) is 10.1. The molecule has 8 rings (SSSR count). The molecule has 5 fully saturated rings. The Morgan fingerprint density at radius 2 is 1.84 bits per heavy atom. The van der Waals surface area contributed by atoms with Gasteiger partial charge in [-0.3, -0.25) is 24.3 Å². The lowest BCUT2D eigenvalue weighted by Crippen LogP contribution is -2.71. The first-order chi connectivity index (χ1) is 23.3. The molecular weight excluding hydrogens is 663 g/mol. The number of nitrogens with one attached hydrogen (secondary N) is 1. The molecule has 3 aromatic rings. The van der Waals surface area contributed by atoms with Gasteiger partial charge in [0.2, 0.25) is 11.8 Å². The van der Waals surface area contributed by atoms with Crippen LogP contribution in [0.5, 0.6) is 0 Å². The van der Waals surface area contributed by atoms with Crippen LogP contribution in [0.1, 0.15) is 58.2 Å². The van der Waals surface area contributed by atoms with E-state index in [4.69, 9.17) is 33.0 Å². The highest BCUT2D eigenvalue weighted by molar-refractivity contribution is 6.45. The molecule has 2 spiro atoms. The van der Waals surface area contributed by atoms with Gasteiger partial charge in [0.15, 0.2) is 5.82 Å². The SMILES string of the molecule is C=CC(=O)N1CC2(CC(n3nc(N4CC[C@@H](CN5CCOC6(C5)CN(C(C)=O)C6)CC4(C)C)c(-c4c(Cl)c(Cl)cc5[nH]ncc45)c3C)C2)C1. The van der Waals surface area contributed by atoms with Crippen molar-refractivity contribution in [1.29, 1.82) is 0 Å². The van der Waals surface area contributed by atoms with Crippen LogP contribution in [0.15, 0.2) is 24.9 Å². The zero-order valence-electron chi connectivity index (χ0n) is 28.9. The maximum Gasteiger partial charge on any atom is 0.245 e. The van der Waals surface area contributed by atoms with Gasteiger partial charge in [0.05, 0.1) is 47.5 Å². The minimum atomic E-state index is -0.215. The van der Waals surface area contributed by atoms with Gasteiger partial charge in [-0.1, -0.05) is 29.8 Å². The van der Waals surface area contributed by atoms with E-state index in [9.17, 15) is 9.59 Å². The van der Waals surface area contributed by atoms with Crippen LogP contribution in [0.2, 0.25) is 10.0 Å². The van der Waals surface area contributed by atoms with Crippen molar-refractivity contribution >= 4 is 51.7 Å². The monoisotopic (exact) mass is 708 g/mol. The first kappa shape index (κ1) is 33.0. The number of hydrogen-bond donors (Lipinski definition) is 1. The Balaban J connectivity index is 1.07. The Morgan fingerprint density at radius 3 is 2.53 bits per heavy atom. The van der Waals surface area contributed by atoms with E-state index >= 15 is 0 Å². The van der Waals surface area contributed by atoms with Crippen molar-refractivity contribution in [1.82, 2.24) is 34.7 Å². The van der Waals surface area contributed by atoms with Crippen molar-refractivity contribution in [2.45, 2.75) is 70.6 Å². The number of fused-ring (bicyclic) bond motifs is 1. The fraction of sp³-hybridized carbons (Fsp3) is 0.611. The van der Waals surface area contributed by atoms with Gasteiger partial charge in [-0.2, -0.15) is 10.2 Å². The summed E-state index contributed by atoms with van der Waals surface area (Å²) in [5, 5.41) is 14.8. The van der Waals surface area contributed by atoms with Crippen molar-refractivity contribution in [2.75, 3.05) is 63.9 Å². The Hall–Kier alpha value is -3.12. The number of likely N-dealkylation sites (tertiary alicyclic amines) is 2. The number of anilines is 1. The molecule has 11 nitrogen and oxygen atoms in total. The number of morpholine rings is 1. The zero-order valence-corrected chi connectivity index (χ0v) is 30.4. The van der Waals surface area contributed by atoms with E-state index in [0.29, 0.717) is 35.7 Å². The number of nitrogens with zero attached hydrogens (tertiary/aromatic N) is 7. The average Bonchev–Trinajstić information content (AvgIpc) is 3.58. The molecular formula is C36H46Cl2N8O3. The second-order valence-corrected chi connectivity index (χ2v) is 16.8. The third kappa shape index (κ3) is 5.47. The molecule has 6 heterocycles. The zero-order chi connectivity index (χ0) is 34.5. The van der Waals surface area contributed by atoms with Gasteiger partial charge in [0, 0.05) is 79.4 Å². The van der Waals surface area contributed by atoms with Gasteiger partial charge in [0.1, 0.15) is 5.60 Å². The van der Waals surface area contributed by atoms with E-state index in [-0.39, 0.29) is 34.4 Å². The molecule has 1 saturated carbocycles. The molecule has 0 bridgehead atoms. The molecule has 1 N–H and O–H groups in total. The van der Waals surface area contributed by atoms with E-state index in [1.54, 1.807) is 6.92 Å². The largest absolute Gasteiger partial charge is 0.369 e. The number of piperidine rings is 1. The van der Waals surface area contributed by atoms with Crippen LogP contribution >= 0.6 is 23.2 Å². The highest BCUT2D eigenvalue weighted by Gasteiger charge is 2.55. The Labute approximate surface area is 297 Å². The van der Waals surface area contributed by atoms with Gasteiger partial charge >= 0.3 is 0 Å². The quantitative estimate of drug-likeness (QED) is 0.346. The minimum Gasteiger partial charge on any atom is -0.369 e. The molecule has 1 aromatic carbocycles. The summed E-state index contributed by atoms with van der Waals surface area (Å²) in [6, 6.07) is 2.08. The summed E-state index contributed by atoms with van der Waals surface area (Å²) in [4.78, 5) is 32.8. The van der Waals surface area contributed by atoms with Crippen LogP contribution in [0.25, 0.3) is 22.0 Å². The van der Waals surface area contributed by atoms with Crippen LogP contribution in [0.4, 0.5) is 5.82 Å². The van der Waals surface area contributed by atoms with Gasteiger partial charge in [-0.05, 0) is 64.5 Å². The Morgan fingerprint density at radius 1 is 1.08 bits per heavy atom. The highest BCUT2D eigenvalue weighted by Crippen LogP contribution is 2.56. The van der Waals surface area contributed by atoms with Gasteiger partial charge in [-0.25, -0.2) is 0 Å². The molecule has 4 saturated heterocycles. The predicted molar refractivity (Wildman–Crippen MR) is 191 cm³/mol. The van der Waals surface area contributed by atoms with Crippen LogP contribution in [-0.4, -0.2) is 117 Å². The number of aromatic nitrogens is 4. The van der Waals surface area contributed by atoms with Crippen molar-refractivity contribution in [3.8, 4) is 11.1 Å². The number of rotatable bonds is 6. The molecule has 13 heteroatoms. The van der Waals surface area contributed by atoms with Crippen LogP contribution in [-0.2, 0) is 14.3 Å². The molecule has 262 valence electrons. The predicted octanol–water partition coefficient (Wildman–Crippen LogP) is 5.32. The van der Waals surface area contributed by atoms with Crippen LogP contribution in [0.3, 0.4) is 0 Å². The lowest BCUT2D eigenvalue weighted by Gasteiger charge is -2.58. The van der Waals surface area contributed by atoms with E-state index < -0.39 is 0 Å². The average molecular weight is 710 g/mol. The smallest absolute Gasteiger partial charge is 0.245 e. The Bertz CT molecular complexity index is 1830. The maximum absolute atomic E-state index is 12.2. The molecule has 2 amide bonds. The molecule has 49 heavy (non-hydrogen) atoms. The third-order valence-electron chi connectivity index (χ3n) is 12.0. The van der Waals surface area contributed by atoms with Gasteiger partial charge in [0.25, 0.3) is 0 Å². The number of benzene rings is 1. The lowest BCUT2D eigenvalue weighted by molar-refractivity contribution is -0.191. The molecule has 1 atom stereocenters. The normalized spacial score (nSPS) is 24.6. The number of carbonyl (C=O) groups is 2. The molecule has 0 unspecified atom stereocenters. The minimum absolute atomic E-state index is 0.00932. The number of carbonyl (C=O) groups excluding carboxylic acids is 2. The van der Waals surface area contributed by atoms with Gasteiger partial charge in [-0.15, -0.1) is 0 Å². The van der Waals surface area contributed by atoms with E-state index in [0.717, 1.165) is 98.5 Å². The lowest BCUT2D eigenvalue weighted by atomic mass is 9.60. The molecule has 4 aliphatic heterocycles.